The van der Waals surface area contributed by atoms with Gasteiger partial charge in [-0.3, -0.25) is 4.79 Å². The second-order valence-corrected chi connectivity index (χ2v) is 5.78. The van der Waals surface area contributed by atoms with Crippen LogP contribution in [0.2, 0.25) is 0 Å². The molecule has 0 saturated heterocycles. The van der Waals surface area contributed by atoms with Gasteiger partial charge in [-0.1, -0.05) is 12.1 Å². The van der Waals surface area contributed by atoms with Crippen LogP contribution in [0, 0.1) is 5.82 Å². The van der Waals surface area contributed by atoms with Crippen molar-refractivity contribution in [3.8, 4) is 11.5 Å². The molecule has 0 bridgehead atoms. The van der Waals surface area contributed by atoms with E-state index >= 15 is 0 Å². The molecule has 0 fully saturated rings. The molecule has 0 aliphatic carbocycles. The molecule has 2 aromatic carbocycles. The number of benzene rings is 2. The van der Waals surface area contributed by atoms with Gasteiger partial charge in [0.15, 0.2) is 11.5 Å². The van der Waals surface area contributed by atoms with Crippen LogP contribution >= 0.6 is 11.8 Å². The van der Waals surface area contributed by atoms with Crippen LogP contribution in [0.3, 0.4) is 0 Å². The summed E-state index contributed by atoms with van der Waals surface area (Å²) < 4.78 is 23.8. The van der Waals surface area contributed by atoms with Crippen molar-refractivity contribution in [1.82, 2.24) is 0 Å². The highest BCUT2D eigenvalue weighted by atomic mass is 32.2. The Morgan fingerprint density at radius 1 is 1.13 bits per heavy atom. The van der Waals surface area contributed by atoms with E-state index in [1.165, 1.54) is 24.9 Å². The Labute approximate surface area is 139 Å². The molecule has 1 amide bonds. The molecule has 0 unspecified atom stereocenters. The fourth-order valence-corrected chi connectivity index (χ4v) is 2.84. The summed E-state index contributed by atoms with van der Waals surface area (Å²) in [5, 5.41) is 2.79. The summed E-state index contributed by atoms with van der Waals surface area (Å²) in [4.78, 5) is 12.5. The van der Waals surface area contributed by atoms with Crippen molar-refractivity contribution in [2.75, 3.05) is 25.3 Å². The van der Waals surface area contributed by atoms with Crippen LogP contribution in [0.5, 0.6) is 11.5 Å². The highest BCUT2D eigenvalue weighted by Crippen LogP contribution is 2.30. The highest BCUT2D eigenvalue weighted by molar-refractivity contribution is 7.99. The molecule has 0 aliphatic heterocycles. The number of anilines is 1. The summed E-state index contributed by atoms with van der Waals surface area (Å²) in [6.07, 6.45) is 0.285. The first-order valence-corrected chi connectivity index (χ1v) is 8.02. The maximum absolute atomic E-state index is 13.5. The quantitative estimate of drug-likeness (QED) is 0.778. The zero-order chi connectivity index (χ0) is 16.7. The van der Waals surface area contributed by atoms with Gasteiger partial charge in [-0.25, -0.2) is 4.39 Å². The van der Waals surface area contributed by atoms with E-state index in [1.807, 2.05) is 0 Å². The Kier molecular flexibility index (Phi) is 6.29. The van der Waals surface area contributed by atoms with Crippen molar-refractivity contribution in [3.63, 3.8) is 0 Å². The van der Waals surface area contributed by atoms with Gasteiger partial charge in [0.25, 0.3) is 0 Å². The summed E-state index contributed by atoms with van der Waals surface area (Å²) in [6.45, 7) is 0. The average molecular weight is 335 g/mol. The van der Waals surface area contributed by atoms with Gasteiger partial charge in [0, 0.05) is 28.8 Å². The Bertz CT molecular complexity index is 679. The van der Waals surface area contributed by atoms with E-state index < -0.39 is 0 Å². The summed E-state index contributed by atoms with van der Waals surface area (Å²) in [5.41, 5.74) is 0.628. The summed E-state index contributed by atoms with van der Waals surface area (Å²) in [5.74, 6) is 1.24. The molecule has 0 aromatic heterocycles. The fraction of sp³-hybridized carbons (Fsp3) is 0.235. The predicted octanol–water partition coefficient (Wildman–Crippen LogP) is 3.96. The van der Waals surface area contributed by atoms with Gasteiger partial charge in [-0.05, 0) is 24.3 Å². The minimum atomic E-state index is -0.266. The van der Waals surface area contributed by atoms with Crippen molar-refractivity contribution in [2.24, 2.45) is 0 Å². The maximum Gasteiger partial charge on any atom is 0.225 e. The van der Waals surface area contributed by atoms with Crippen molar-refractivity contribution >= 4 is 23.4 Å². The van der Waals surface area contributed by atoms with Crippen LogP contribution in [-0.2, 0) is 4.79 Å². The number of carbonyl (C=O) groups excluding carboxylic acids is 1. The normalized spacial score (nSPS) is 10.2. The predicted molar refractivity (Wildman–Crippen MR) is 89.9 cm³/mol. The lowest BCUT2D eigenvalue weighted by Crippen LogP contribution is -2.12. The molecule has 122 valence electrons. The number of hydrogen-bond donors (Lipinski definition) is 1. The smallest absolute Gasteiger partial charge is 0.225 e. The minimum Gasteiger partial charge on any atom is -0.493 e. The third-order valence-corrected chi connectivity index (χ3v) is 4.14. The topological polar surface area (TPSA) is 47.6 Å². The molecule has 0 atom stereocenters. The Morgan fingerprint density at radius 3 is 2.57 bits per heavy atom. The second-order valence-electron chi connectivity index (χ2n) is 4.65. The molecule has 0 aliphatic rings. The molecule has 2 aromatic rings. The number of rotatable bonds is 7. The molecule has 0 heterocycles. The first-order valence-electron chi connectivity index (χ1n) is 7.03. The fourth-order valence-electron chi connectivity index (χ4n) is 1.95. The van der Waals surface area contributed by atoms with Gasteiger partial charge in [0.05, 0.1) is 14.2 Å². The van der Waals surface area contributed by atoms with Gasteiger partial charge < -0.3 is 14.8 Å². The van der Waals surface area contributed by atoms with Crippen molar-refractivity contribution in [3.05, 3.63) is 48.3 Å². The third kappa shape index (κ3) is 4.89. The number of nitrogens with one attached hydrogen (secondary N) is 1. The van der Waals surface area contributed by atoms with Gasteiger partial charge in [-0.15, -0.1) is 11.8 Å². The minimum absolute atomic E-state index is 0.138. The molecular weight excluding hydrogens is 317 g/mol. The zero-order valence-corrected chi connectivity index (χ0v) is 13.8. The number of carbonyl (C=O) groups is 1. The second kappa shape index (κ2) is 8.43. The molecule has 23 heavy (non-hydrogen) atoms. The lowest BCUT2D eigenvalue weighted by Gasteiger charge is -2.10. The third-order valence-electron chi connectivity index (χ3n) is 3.09. The number of ether oxygens (including phenoxy) is 2. The van der Waals surface area contributed by atoms with Crippen molar-refractivity contribution in [2.45, 2.75) is 11.3 Å². The SMILES string of the molecule is COc1ccc(NC(=O)CCSc2ccccc2F)cc1OC. The number of hydrogen-bond acceptors (Lipinski definition) is 4. The molecule has 0 saturated carbocycles. The summed E-state index contributed by atoms with van der Waals surface area (Å²) in [6, 6.07) is 11.7. The molecule has 6 heteroatoms. The van der Waals surface area contributed by atoms with E-state index in [-0.39, 0.29) is 18.1 Å². The lowest BCUT2D eigenvalue weighted by atomic mass is 10.2. The molecular formula is C17H18FNO3S. The first kappa shape index (κ1) is 17.1. The molecule has 1 N–H and O–H groups in total. The Hall–Kier alpha value is -2.21. The average Bonchev–Trinajstić information content (AvgIpc) is 2.56. The zero-order valence-electron chi connectivity index (χ0n) is 13.0. The highest BCUT2D eigenvalue weighted by Gasteiger charge is 2.08. The van der Waals surface area contributed by atoms with E-state index in [1.54, 1.807) is 43.5 Å². The standard InChI is InChI=1S/C17H18FNO3S/c1-21-14-8-7-12(11-15(14)22-2)19-17(20)9-10-23-16-6-4-3-5-13(16)18/h3-8,11H,9-10H2,1-2H3,(H,19,20). The van der Waals surface area contributed by atoms with Crippen LogP contribution in [0.4, 0.5) is 10.1 Å². The monoisotopic (exact) mass is 335 g/mol. The van der Waals surface area contributed by atoms with E-state index in [9.17, 15) is 9.18 Å². The van der Waals surface area contributed by atoms with Crippen LogP contribution in [-0.4, -0.2) is 25.9 Å². The van der Waals surface area contributed by atoms with Crippen LogP contribution in [0.15, 0.2) is 47.4 Å². The van der Waals surface area contributed by atoms with Crippen LogP contribution in [0.1, 0.15) is 6.42 Å². The van der Waals surface area contributed by atoms with Gasteiger partial charge in [0.1, 0.15) is 5.82 Å². The van der Waals surface area contributed by atoms with Gasteiger partial charge >= 0.3 is 0 Å². The van der Waals surface area contributed by atoms with E-state index in [0.29, 0.717) is 27.8 Å². The lowest BCUT2D eigenvalue weighted by molar-refractivity contribution is -0.115. The largest absolute Gasteiger partial charge is 0.493 e. The number of methoxy groups -OCH3 is 2. The summed E-state index contributed by atoms with van der Waals surface area (Å²) >= 11 is 1.32. The first-order chi connectivity index (χ1) is 11.1. The van der Waals surface area contributed by atoms with Gasteiger partial charge in [-0.2, -0.15) is 0 Å². The summed E-state index contributed by atoms with van der Waals surface area (Å²) in [7, 11) is 3.09. The number of thioether (sulfide) groups is 1. The Balaban J connectivity index is 1.86. The number of amides is 1. The maximum atomic E-state index is 13.5. The molecule has 0 spiro atoms. The Morgan fingerprint density at radius 2 is 1.87 bits per heavy atom. The van der Waals surface area contributed by atoms with Crippen molar-refractivity contribution < 1.29 is 18.7 Å². The molecule has 4 nitrogen and oxygen atoms in total. The van der Waals surface area contributed by atoms with Crippen LogP contribution < -0.4 is 14.8 Å². The van der Waals surface area contributed by atoms with E-state index in [2.05, 4.69) is 5.32 Å². The van der Waals surface area contributed by atoms with Gasteiger partial charge in [0.2, 0.25) is 5.91 Å². The van der Waals surface area contributed by atoms with E-state index in [0.717, 1.165) is 0 Å². The van der Waals surface area contributed by atoms with E-state index in [4.69, 9.17) is 9.47 Å². The molecule has 2 rings (SSSR count). The molecule has 0 radical (unpaired) electrons. The van der Waals surface area contributed by atoms with Crippen molar-refractivity contribution in [1.29, 1.82) is 0 Å². The van der Waals surface area contributed by atoms with Crippen LogP contribution in [0.25, 0.3) is 0 Å². The number of halogens is 1.